The SMILES string of the molecule is NCc1ccc(N2CCCc3ccccc3C2)cn1. The van der Waals surface area contributed by atoms with E-state index in [2.05, 4.69) is 40.2 Å². The summed E-state index contributed by atoms with van der Waals surface area (Å²) in [5, 5.41) is 0. The quantitative estimate of drug-likeness (QED) is 0.894. The molecule has 3 nitrogen and oxygen atoms in total. The van der Waals surface area contributed by atoms with E-state index in [0.717, 1.165) is 18.8 Å². The van der Waals surface area contributed by atoms with Gasteiger partial charge in [-0.05, 0) is 36.1 Å². The third-order valence-corrected chi connectivity index (χ3v) is 3.74. The summed E-state index contributed by atoms with van der Waals surface area (Å²) in [5.41, 5.74) is 10.6. The Morgan fingerprint density at radius 1 is 1.11 bits per heavy atom. The molecule has 2 heterocycles. The minimum atomic E-state index is 0.503. The Bertz CT molecular complexity index is 548. The second kappa shape index (κ2) is 5.41. The average molecular weight is 253 g/mol. The number of benzene rings is 1. The molecular formula is C16H19N3. The summed E-state index contributed by atoms with van der Waals surface area (Å²) in [6.07, 6.45) is 4.30. The van der Waals surface area contributed by atoms with Gasteiger partial charge >= 0.3 is 0 Å². The number of fused-ring (bicyclic) bond motifs is 1. The molecule has 19 heavy (non-hydrogen) atoms. The molecule has 1 aromatic carbocycles. The second-order valence-electron chi connectivity index (χ2n) is 5.01. The first-order chi connectivity index (χ1) is 9.36. The minimum Gasteiger partial charge on any atom is -0.366 e. The van der Waals surface area contributed by atoms with E-state index in [1.54, 1.807) is 0 Å². The zero-order valence-corrected chi connectivity index (χ0v) is 11.0. The average Bonchev–Trinajstić information content (AvgIpc) is 2.69. The van der Waals surface area contributed by atoms with Crippen molar-refractivity contribution in [2.75, 3.05) is 11.4 Å². The number of nitrogens with two attached hydrogens (primary N) is 1. The largest absolute Gasteiger partial charge is 0.366 e. The summed E-state index contributed by atoms with van der Waals surface area (Å²) in [4.78, 5) is 6.79. The van der Waals surface area contributed by atoms with Crippen LogP contribution in [0.25, 0.3) is 0 Å². The highest BCUT2D eigenvalue weighted by Crippen LogP contribution is 2.23. The van der Waals surface area contributed by atoms with E-state index in [4.69, 9.17) is 5.73 Å². The van der Waals surface area contributed by atoms with Gasteiger partial charge in [0.2, 0.25) is 0 Å². The van der Waals surface area contributed by atoms with E-state index in [1.807, 2.05) is 12.3 Å². The van der Waals surface area contributed by atoms with Gasteiger partial charge in [-0.3, -0.25) is 4.98 Å². The molecule has 0 saturated carbocycles. The molecular weight excluding hydrogens is 234 g/mol. The molecule has 0 aliphatic carbocycles. The van der Waals surface area contributed by atoms with E-state index in [1.165, 1.54) is 29.7 Å². The first-order valence-corrected chi connectivity index (χ1v) is 6.83. The van der Waals surface area contributed by atoms with Crippen molar-refractivity contribution in [2.45, 2.75) is 25.9 Å². The van der Waals surface area contributed by atoms with Crippen LogP contribution >= 0.6 is 0 Å². The van der Waals surface area contributed by atoms with Crippen molar-refractivity contribution in [1.29, 1.82) is 0 Å². The van der Waals surface area contributed by atoms with Gasteiger partial charge in [-0.1, -0.05) is 24.3 Å². The molecule has 0 atom stereocenters. The van der Waals surface area contributed by atoms with Crippen LogP contribution in [0.1, 0.15) is 23.2 Å². The third kappa shape index (κ3) is 2.61. The van der Waals surface area contributed by atoms with Crippen molar-refractivity contribution in [2.24, 2.45) is 5.73 Å². The molecule has 2 aromatic rings. The fraction of sp³-hybridized carbons (Fsp3) is 0.312. The van der Waals surface area contributed by atoms with Gasteiger partial charge in [0, 0.05) is 19.6 Å². The summed E-state index contributed by atoms with van der Waals surface area (Å²) in [7, 11) is 0. The molecule has 3 rings (SSSR count). The lowest BCUT2D eigenvalue weighted by Gasteiger charge is -2.23. The Kier molecular flexibility index (Phi) is 3.47. The first kappa shape index (κ1) is 12.2. The lowest BCUT2D eigenvalue weighted by molar-refractivity contribution is 0.763. The Hall–Kier alpha value is -1.87. The number of hydrogen-bond acceptors (Lipinski definition) is 3. The third-order valence-electron chi connectivity index (χ3n) is 3.74. The van der Waals surface area contributed by atoms with Crippen molar-refractivity contribution < 1.29 is 0 Å². The van der Waals surface area contributed by atoms with E-state index in [0.29, 0.717) is 6.54 Å². The van der Waals surface area contributed by atoms with Gasteiger partial charge in [-0.15, -0.1) is 0 Å². The molecule has 0 amide bonds. The lowest BCUT2D eigenvalue weighted by Crippen LogP contribution is -2.22. The van der Waals surface area contributed by atoms with Gasteiger partial charge in [0.1, 0.15) is 0 Å². The minimum absolute atomic E-state index is 0.503. The van der Waals surface area contributed by atoms with Crippen LogP contribution in [0.15, 0.2) is 42.6 Å². The standard InChI is InChI=1S/C16H19N3/c17-10-15-7-8-16(11-18-15)19-9-3-6-13-4-1-2-5-14(13)12-19/h1-2,4-5,7-8,11H,3,6,9-10,12,17H2. The Labute approximate surface area is 114 Å². The molecule has 0 unspecified atom stereocenters. The molecule has 2 N–H and O–H groups in total. The first-order valence-electron chi connectivity index (χ1n) is 6.83. The van der Waals surface area contributed by atoms with Crippen LogP contribution in [0.4, 0.5) is 5.69 Å². The molecule has 98 valence electrons. The molecule has 1 aromatic heterocycles. The summed E-state index contributed by atoms with van der Waals surface area (Å²) < 4.78 is 0. The Morgan fingerprint density at radius 2 is 1.95 bits per heavy atom. The maximum atomic E-state index is 5.59. The van der Waals surface area contributed by atoms with E-state index in [-0.39, 0.29) is 0 Å². The van der Waals surface area contributed by atoms with Crippen molar-refractivity contribution in [3.63, 3.8) is 0 Å². The predicted molar refractivity (Wildman–Crippen MR) is 77.9 cm³/mol. The summed E-state index contributed by atoms with van der Waals surface area (Å²) in [5.74, 6) is 0. The van der Waals surface area contributed by atoms with Gasteiger partial charge in [-0.2, -0.15) is 0 Å². The summed E-state index contributed by atoms with van der Waals surface area (Å²) >= 11 is 0. The molecule has 0 radical (unpaired) electrons. The highest BCUT2D eigenvalue weighted by Gasteiger charge is 2.14. The van der Waals surface area contributed by atoms with E-state index >= 15 is 0 Å². The Balaban J connectivity index is 1.85. The Morgan fingerprint density at radius 3 is 2.68 bits per heavy atom. The number of rotatable bonds is 2. The van der Waals surface area contributed by atoms with E-state index < -0.39 is 0 Å². The van der Waals surface area contributed by atoms with Crippen LogP contribution in [-0.4, -0.2) is 11.5 Å². The fourth-order valence-corrected chi connectivity index (χ4v) is 2.65. The molecule has 1 aliphatic heterocycles. The van der Waals surface area contributed by atoms with Crippen molar-refractivity contribution >= 4 is 5.69 Å². The van der Waals surface area contributed by atoms with E-state index in [9.17, 15) is 0 Å². The normalized spacial score (nSPS) is 14.9. The monoisotopic (exact) mass is 253 g/mol. The number of nitrogens with zero attached hydrogens (tertiary/aromatic N) is 2. The van der Waals surface area contributed by atoms with Crippen LogP contribution in [0.3, 0.4) is 0 Å². The smallest absolute Gasteiger partial charge is 0.0556 e. The summed E-state index contributed by atoms with van der Waals surface area (Å²) in [6.45, 7) is 2.56. The summed E-state index contributed by atoms with van der Waals surface area (Å²) in [6, 6.07) is 12.9. The molecule has 0 saturated heterocycles. The van der Waals surface area contributed by atoms with Crippen molar-refractivity contribution in [3.8, 4) is 0 Å². The number of aryl methyl sites for hydroxylation is 1. The van der Waals surface area contributed by atoms with Gasteiger partial charge in [0.15, 0.2) is 0 Å². The van der Waals surface area contributed by atoms with Gasteiger partial charge < -0.3 is 10.6 Å². The number of pyridine rings is 1. The van der Waals surface area contributed by atoms with Crippen LogP contribution < -0.4 is 10.6 Å². The highest BCUT2D eigenvalue weighted by molar-refractivity contribution is 5.47. The van der Waals surface area contributed by atoms with Crippen molar-refractivity contribution in [1.82, 2.24) is 4.98 Å². The van der Waals surface area contributed by atoms with Gasteiger partial charge in [0.05, 0.1) is 17.6 Å². The van der Waals surface area contributed by atoms with Crippen LogP contribution in [0, 0.1) is 0 Å². The topological polar surface area (TPSA) is 42.1 Å². The lowest BCUT2D eigenvalue weighted by atomic mass is 10.0. The maximum Gasteiger partial charge on any atom is 0.0556 e. The van der Waals surface area contributed by atoms with Crippen LogP contribution in [0.2, 0.25) is 0 Å². The molecule has 1 aliphatic rings. The molecule has 3 heteroatoms. The predicted octanol–water partition coefficient (Wildman–Crippen LogP) is 2.49. The second-order valence-corrected chi connectivity index (χ2v) is 5.01. The van der Waals surface area contributed by atoms with Crippen LogP contribution in [-0.2, 0) is 19.5 Å². The highest BCUT2D eigenvalue weighted by atomic mass is 15.1. The van der Waals surface area contributed by atoms with Crippen molar-refractivity contribution in [3.05, 3.63) is 59.4 Å². The van der Waals surface area contributed by atoms with Crippen LogP contribution in [0.5, 0.6) is 0 Å². The molecule has 0 fully saturated rings. The zero-order valence-electron chi connectivity index (χ0n) is 11.0. The molecule has 0 bridgehead atoms. The number of anilines is 1. The van der Waals surface area contributed by atoms with Gasteiger partial charge in [-0.25, -0.2) is 0 Å². The molecule has 0 spiro atoms. The maximum absolute atomic E-state index is 5.59. The number of hydrogen-bond donors (Lipinski definition) is 1. The van der Waals surface area contributed by atoms with Gasteiger partial charge in [0.25, 0.3) is 0 Å². The number of aromatic nitrogens is 1. The fourth-order valence-electron chi connectivity index (χ4n) is 2.65. The zero-order chi connectivity index (χ0) is 13.1.